The first kappa shape index (κ1) is 19.4. The van der Waals surface area contributed by atoms with Gasteiger partial charge in [0.2, 0.25) is 0 Å². The molecule has 0 aliphatic rings. The lowest BCUT2D eigenvalue weighted by atomic mass is 10.2. The third-order valence-electron chi connectivity index (χ3n) is 4.93. The zero-order valence-electron chi connectivity index (χ0n) is 17.1. The van der Waals surface area contributed by atoms with Gasteiger partial charge in [-0.1, -0.05) is 24.3 Å². The smallest absolute Gasteiger partial charge is 0.255 e. The average Bonchev–Trinajstić information content (AvgIpc) is 3.28. The monoisotopic (exact) mass is 421 g/mol. The van der Waals surface area contributed by atoms with Crippen LogP contribution in [0.25, 0.3) is 16.9 Å². The average molecular weight is 421 g/mol. The highest BCUT2D eigenvalue weighted by atomic mass is 16.5. The molecule has 3 heterocycles. The zero-order chi connectivity index (χ0) is 21.8. The van der Waals surface area contributed by atoms with Crippen LogP contribution in [0.3, 0.4) is 0 Å². The quantitative estimate of drug-likeness (QED) is 0.432. The molecule has 0 saturated carbocycles. The van der Waals surface area contributed by atoms with E-state index in [0.717, 1.165) is 22.4 Å². The molecule has 5 aromatic rings. The Morgan fingerprint density at radius 3 is 2.72 bits per heavy atom. The lowest BCUT2D eigenvalue weighted by molar-refractivity contribution is 0.102. The second-order valence-corrected chi connectivity index (χ2v) is 7.14. The van der Waals surface area contributed by atoms with Crippen molar-refractivity contribution in [3.8, 4) is 11.6 Å². The highest BCUT2D eigenvalue weighted by Crippen LogP contribution is 2.19. The summed E-state index contributed by atoms with van der Waals surface area (Å²) in [7, 11) is 0. The summed E-state index contributed by atoms with van der Waals surface area (Å²) in [5, 5.41) is 2.88. The maximum absolute atomic E-state index is 12.7. The largest absolute Gasteiger partial charge is 0.489 e. The van der Waals surface area contributed by atoms with E-state index in [2.05, 4.69) is 20.3 Å². The molecule has 7 heteroatoms. The normalized spacial score (nSPS) is 10.8. The number of para-hydroxylation sites is 2. The van der Waals surface area contributed by atoms with Crippen molar-refractivity contribution in [2.75, 3.05) is 5.32 Å². The van der Waals surface area contributed by atoms with Crippen molar-refractivity contribution in [3.05, 3.63) is 109 Å². The summed E-state index contributed by atoms with van der Waals surface area (Å²) in [5.41, 5.74) is 3.93. The molecule has 1 amide bonds. The van der Waals surface area contributed by atoms with E-state index in [4.69, 9.17) is 4.74 Å². The van der Waals surface area contributed by atoms with Gasteiger partial charge in [-0.15, -0.1) is 0 Å². The van der Waals surface area contributed by atoms with Crippen molar-refractivity contribution in [1.29, 1.82) is 0 Å². The van der Waals surface area contributed by atoms with Crippen molar-refractivity contribution in [1.82, 2.24) is 19.5 Å². The molecule has 0 bridgehead atoms. The van der Waals surface area contributed by atoms with E-state index >= 15 is 0 Å². The summed E-state index contributed by atoms with van der Waals surface area (Å²) in [5.74, 6) is 1.10. The molecular weight excluding hydrogens is 402 g/mol. The molecule has 0 fully saturated rings. The fraction of sp³-hybridized carbons (Fsp3) is 0.0400. The molecule has 0 saturated heterocycles. The van der Waals surface area contributed by atoms with Gasteiger partial charge in [0.1, 0.15) is 24.5 Å². The molecule has 156 valence electrons. The summed E-state index contributed by atoms with van der Waals surface area (Å²) in [6.07, 6.45) is 6.83. The minimum Gasteiger partial charge on any atom is -0.489 e. The predicted molar refractivity (Wildman–Crippen MR) is 122 cm³/mol. The number of hydrogen-bond acceptors (Lipinski definition) is 5. The van der Waals surface area contributed by atoms with Crippen molar-refractivity contribution in [2.24, 2.45) is 0 Å². The number of fused-ring (bicyclic) bond motifs is 1. The SMILES string of the molecule is O=C(Nc1ccc(-n2cnc3ccccc32)nc1)c1cccc(OCc2cccnc2)c1. The molecule has 7 nitrogen and oxygen atoms in total. The van der Waals surface area contributed by atoms with Crippen LogP contribution in [0.1, 0.15) is 15.9 Å². The van der Waals surface area contributed by atoms with Gasteiger partial charge in [-0.2, -0.15) is 0 Å². The molecule has 0 aliphatic heterocycles. The number of nitrogens with one attached hydrogen (secondary N) is 1. The van der Waals surface area contributed by atoms with Gasteiger partial charge in [0.25, 0.3) is 5.91 Å². The third kappa shape index (κ3) is 4.17. The van der Waals surface area contributed by atoms with Gasteiger partial charge >= 0.3 is 0 Å². The Morgan fingerprint density at radius 1 is 0.938 bits per heavy atom. The van der Waals surface area contributed by atoms with Crippen molar-refractivity contribution in [3.63, 3.8) is 0 Å². The van der Waals surface area contributed by atoms with E-state index in [0.29, 0.717) is 23.6 Å². The predicted octanol–water partition coefficient (Wildman–Crippen LogP) is 4.65. The van der Waals surface area contributed by atoms with E-state index in [1.54, 1.807) is 43.1 Å². The number of benzene rings is 2. The van der Waals surface area contributed by atoms with Gasteiger partial charge in [0.05, 0.1) is 22.9 Å². The van der Waals surface area contributed by atoms with Crippen LogP contribution in [0, 0.1) is 0 Å². The van der Waals surface area contributed by atoms with Crippen LogP contribution in [0.2, 0.25) is 0 Å². The molecule has 0 aliphatic carbocycles. The molecular formula is C25H19N5O2. The van der Waals surface area contributed by atoms with Crippen LogP contribution in [0.4, 0.5) is 5.69 Å². The first-order chi connectivity index (χ1) is 15.8. The number of nitrogens with zero attached hydrogens (tertiary/aromatic N) is 4. The summed E-state index contributed by atoms with van der Waals surface area (Å²) >= 11 is 0. The summed E-state index contributed by atoms with van der Waals surface area (Å²) < 4.78 is 7.69. The highest BCUT2D eigenvalue weighted by molar-refractivity contribution is 6.04. The van der Waals surface area contributed by atoms with Crippen molar-refractivity contribution >= 4 is 22.6 Å². The third-order valence-corrected chi connectivity index (χ3v) is 4.93. The maximum Gasteiger partial charge on any atom is 0.255 e. The Kier molecular flexibility index (Phi) is 5.28. The number of anilines is 1. The van der Waals surface area contributed by atoms with E-state index in [9.17, 15) is 4.79 Å². The Bertz CT molecular complexity index is 1360. The number of hydrogen-bond donors (Lipinski definition) is 1. The first-order valence-electron chi connectivity index (χ1n) is 10.1. The fourth-order valence-electron chi connectivity index (χ4n) is 3.32. The summed E-state index contributed by atoms with van der Waals surface area (Å²) in [6.45, 7) is 0.382. The molecule has 2 aromatic carbocycles. The minimum absolute atomic E-state index is 0.237. The highest BCUT2D eigenvalue weighted by Gasteiger charge is 2.09. The van der Waals surface area contributed by atoms with Crippen LogP contribution in [0.15, 0.2) is 97.7 Å². The molecule has 3 aromatic heterocycles. The molecule has 0 spiro atoms. The number of ether oxygens (including phenoxy) is 1. The number of pyridine rings is 2. The molecule has 0 unspecified atom stereocenters. The Morgan fingerprint density at radius 2 is 1.88 bits per heavy atom. The van der Waals surface area contributed by atoms with Gasteiger partial charge in [-0.05, 0) is 48.5 Å². The molecule has 32 heavy (non-hydrogen) atoms. The van der Waals surface area contributed by atoms with Crippen LogP contribution in [-0.2, 0) is 6.61 Å². The fourth-order valence-corrected chi connectivity index (χ4v) is 3.32. The first-order valence-corrected chi connectivity index (χ1v) is 10.1. The molecule has 5 rings (SSSR count). The van der Waals surface area contributed by atoms with Gasteiger partial charge in [-0.3, -0.25) is 14.3 Å². The Hall–Kier alpha value is -4.52. The lowest BCUT2D eigenvalue weighted by Gasteiger charge is -2.09. The summed E-state index contributed by atoms with van der Waals surface area (Å²) in [6, 6.07) is 22.4. The van der Waals surface area contributed by atoms with Crippen LogP contribution in [-0.4, -0.2) is 25.4 Å². The Balaban J connectivity index is 1.27. The van der Waals surface area contributed by atoms with Crippen LogP contribution < -0.4 is 10.1 Å². The van der Waals surface area contributed by atoms with E-state index in [-0.39, 0.29) is 5.91 Å². The molecule has 0 radical (unpaired) electrons. The molecule has 0 atom stereocenters. The van der Waals surface area contributed by atoms with E-state index in [1.807, 2.05) is 59.2 Å². The van der Waals surface area contributed by atoms with Gasteiger partial charge < -0.3 is 10.1 Å². The number of carbonyl (C=O) groups is 1. The van der Waals surface area contributed by atoms with Gasteiger partial charge in [0, 0.05) is 23.5 Å². The number of amides is 1. The standard InChI is InChI=1S/C25H19N5O2/c31-25(19-6-3-7-21(13-19)32-16-18-5-4-12-26-14-18)29-20-10-11-24(27-15-20)30-17-28-22-8-1-2-9-23(22)30/h1-15,17H,16H2,(H,29,31). The number of carbonyl (C=O) groups excluding carboxylic acids is 1. The van der Waals surface area contributed by atoms with E-state index < -0.39 is 0 Å². The van der Waals surface area contributed by atoms with Crippen molar-refractivity contribution in [2.45, 2.75) is 6.61 Å². The van der Waals surface area contributed by atoms with Crippen LogP contribution >= 0.6 is 0 Å². The maximum atomic E-state index is 12.7. The topological polar surface area (TPSA) is 81.9 Å². The molecule has 1 N–H and O–H groups in total. The van der Waals surface area contributed by atoms with Crippen LogP contribution in [0.5, 0.6) is 5.75 Å². The zero-order valence-corrected chi connectivity index (χ0v) is 17.1. The number of aromatic nitrogens is 4. The second kappa shape index (κ2) is 8.69. The minimum atomic E-state index is -0.237. The summed E-state index contributed by atoms with van der Waals surface area (Å²) in [4.78, 5) is 25.6. The van der Waals surface area contributed by atoms with E-state index in [1.165, 1.54) is 0 Å². The number of imidazole rings is 1. The lowest BCUT2D eigenvalue weighted by Crippen LogP contribution is -2.12. The van der Waals surface area contributed by atoms with Gasteiger partial charge in [-0.25, -0.2) is 9.97 Å². The Labute approximate surface area is 184 Å². The van der Waals surface area contributed by atoms with Crippen molar-refractivity contribution < 1.29 is 9.53 Å². The number of rotatable bonds is 6. The second-order valence-electron chi connectivity index (χ2n) is 7.14. The van der Waals surface area contributed by atoms with Gasteiger partial charge in [0.15, 0.2) is 0 Å².